The number of aromatic hydroxyl groups is 1. The Bertz CT molecular complexity index is 1230. The number of oxazole rings is 1. The minimum Gasteiger partial charge on any atom is -0.507 e. The predicted octanol–water partition coefficient (Wildman–Crippen LogP) is 5.75. The molecule has 0 aliphatic heterocycles. The van der Waals surface area contributed by atoms with Gasteiger partial charge in [0.2, 0.25) is 5.89 Å². The number of esters is 1. The van der Waals surface area contributed by atoms with Gasteiger partial charge < -0.3 is 19.2 Å². The Morgan fingerprint density at radius 2 is 1.62 bits per heavy atom. The lowest BCUT2D eigenvalue weighted by atomic mass is 10.1. The van der Waals surface area contributed by atoms with E-state index in [1.807, 2.05) is 43.3 Å². The molecular weight excluding hydrogens is 408 g/mol. The molecule has 0 unspecified atom stereocenters. The number of anilines is 1. The van der Waals surface area contributed by atoms with Gasteiger partial charge in [-0.15, -0.1) is 0 Å². The molecule has 4 aromatic rings. The van der Waals surface area contributed by atoms with Crippen LogP contribution in [0.2, 0.25) is 0 Å². The maximum Gasteiger partial charge on any atom is 0.343 e. The van der Waals surface area contributed by atoms with E-state index in [0.717, 1.165) is 11.4 Å². The number of ether oxygens (including phenoxy) is 1. The molecule has 1 N–H and O–H groups in total. The molecule has 8 heteroatoms. The fraction of sp³-hybridized carbons (Fsp3) is 0.0833. The van der Waals surface area contributed by atoms with Crippen molar-refractivity contribution >= 4 is 23.0 Å². The van der Waals surface area contributed by atoms with Crippen molar-refractivity contribution in [3.8, 4) is 23.0 Å². The number of nitrogens with zero attached hydrogens (tertiary/aromatic N) is 4. The highest BCUT2D eigenvalue weighted by atomic mass is 16.5. The number of hydrogen-bond acceptors (Lipinski definition) is 8. The number of carbonyl (C=O) groups is 1. The maximum atomic E-state index is 12.4. The second kappa shape index (κ2) is 9.13. The second-order valence-electron chi connectivity index (χ2n) is 7.06. The highest BCUT2D eigenvalue weighted by molar-refractivity contribution is 5.92. The highest BCUT2D eigenvalue weighted by Crippen LogP contribution is 2.29. The summed E-state index contributed by atoms with van der Waals surface area (Å²) in [6.45, 7) is 0. The summed E-state index contributed by atoms with van der Waals surface area (Å²) in [5, 5.41) is 18.6. The van der Waals surface area contributed by atoms with Crippen LogP contribution in [0.3, 0.4) is 0 Å². The molecular formula is C24H20N4O4. The summed E-state index contributed by atoms with van der Waals surface area (Å²) in [6.07, 6.45) is 2.88. The molecule has 0 saturated heterocycles. The third-order valence-electron chi connectivity index (χ3n) is 4.59. The van der Waals surface area contributed by atoms with Gasteiger partial charge in [-0.3, -0.25) is 0 Å². The van der Waals surface area contributed by atoms with Crippen molar-refractivity contribution in [2.75, 3.05) is 19.0 Å². The number of phenolic OH excluding ortho intramolecular Hbond substituents is 1. The molecule has 0 fully saturated rings. The van der Waals surface area contributed by atoms with Gasteiger partial charge in [-0.1, -0.05) is 0 Å². The Hall–Kier alpha value is -4.46. The summed E-state index contributed by atoms with van der Waals surface area (Å²) in [5.74, 6) is -0.118. The SMILES string of the molecule is CN(C)c1ccc(/N=N/c2ccc(OC(=O)c3ccc(-c4ncco4)c(O)c3)cc2)cc1. The molecule has 0 aliphatic rings. The summed E-state index contributed by atoms with van der Waals surface area (Å²) >= 11 is 0. The van der Waals surface area contributed by atoms with Gasteiger partial charge in [0.05, 0.1) is 28.7 Å². The van der Waals surface area contributed by atoms with Gasteiger partial charge in [0.25, 0.3) is 0 Å². The number of hydrogen-bond donors (Lipinski definition) is 1. The fourth-order valence-electron chi connectivity index (χ4n) is 2.88. The number of rotatable bonds is 6. The van der Waals surface area contributed by atoms with Gasteiger partial charge in [0.15, 0.2) is 0 Å². The molecule has 160 valence electrons. The normalized spacial score (nSPS) is 10.9. The summed E-state index contributed by atoms with van der Waals surface area (Å²) in [5.41, 5.74) is 3.02. The van der Waals surface area contributed by atoms with Crippen molar-refractivity contribution in [2.24, 2.45) is 10.2 Å². The van der Waals surface area contributed by atoms with Crippen molar-refractivity contribution in [1.29, 1.82) is 0 Å². The van der Waals surface area contributed by atoms with E-state index >= 15 is 0 Å². The maximum absolute atomic E-state index is 12.4. The lowest BCUT2D eigenvalue weighted by Crippen LogP contribution is -2.08. The van der Waals surface area contributed by atoms with Crippen molar-refractivity contribution in [3.05, 3.63) is 84.8 Å². The Labute approximate surface area is 184 Å². The molecule has 1 aromatic heterocycles. The first-order chi connectivity index (χ1) is 15.5. The second-order valence-corrected chi connectivity index (χ2v) is 7.06. The van der Waals surface area contributed by atoms with Crippen LogP contribution in [0.25, 0.3) is 11.5 Å². The molecule has 0 radical (unpaired) electrons. The van der Waals surface area contributed by atoms with E-state index in [1.165, 1.54) is 24.6 Å². The van der Waals surface area contributed by atoms with Gasteiger partial charge >= 0.3 is 5.97 Å². The molecule has 4 rings (SSSR count). The quantitative estimate of drug-likeness (QED) is 0.238. The predicted molar refractivity (Wildman–Crippen MR) is 120 cm³/mol. The summed E-state index contributed by atoms with van der Waals surface area (Å²) < 4.78 is 10.5. The van der Waals surface area contributed by atoms with Gasteiger partial charge in [-0.2, -0.15) is 10.2 Å². The molecule has 32 heavy (non-hydrogen) atoms. The third kappa shape index (κ3) is 4.81. The Morgan fingerprint density at radius 3 is 2.19 bits per heavy atom. The smallest absolute Gasteiger partial charge is 0.343 e. The molecule has 1 heterocycles. The van der Waals surface area contributed by atoms with Crippen LogP contribution < -0.4 is 9.64 Å². The molecule has 3 aromatic carbocycles. The number of benzene rings is 3. The lowest BCUT2D eigenvalue weighted by molar-refractivity contribution is 0.0734. The zero-order valence-electron chi connectivity index (χ0n) is 17.5. The van der Waals surface area contributed by atoms with E-state index in [0.29, 0.717) is 17.0 Å². The number of phenols is 1. The average Bonchev–Trinajstić information content (AvgIpc) is 3.33. The Balaban J connectivity index is 1.40. The van der Waals surface area contributed by atoms with E-state index in [2.05, 4.69) is 15.2 Å². The van der Waals surface area contributed by atoms with Crippen molar-refractivity contribution in [2.45, 2.75) is 0 Å². The van der Waals surface area contributed by atoms with Crippen molar-refractivity contribution in [3.63, 3.8) is 0 Å². The van der Waals surface area contributed by atoms with Gasteiger partial charge in [0.1, 0.15) is 17.8 Å². The standard InChI is InChI=1S/C24H20N4O4/c1-28(2)19-8-4-17(5-9-19)26-27-18-6-10-20(11-7-18)32-24(30)16-3-12-21(22(29)15-16)23-25-13-14-31-23/h3-15,29H,1-2H3/b27-26+. The van der Waals surface area contributed by atoms with E-state index in [9.17, 15) is 9.90 Å². The minimum absolute atomic E-state index is 0.128. The van der Waals surface area contributed by atoms with Crippen LogP contribution >= 0.6 is 0 Å². The number of aromatic nitrogens is 1. The molecule has 0 atom stereocenters. The van der Waals surface area contributed by atoms with Crippen molar-refractivity contribution < 1.29 is 19.1 Å². The summed E-state index contributed by atoms with van der Waals surface area (Å²) in [7, 11) is 3.95. The topological polar surface area (TPSA) is 101 Å². The van der Waals surface area contributed by atoms with Crippen LogP contribution in [0.4, 0.5) is 17.1 Å². The van der Waals surface area contributed by atoms with Crippen LogP contribution in [0, 0.1) is 0 Å². The average molecular weight is 428 g/mol. The first-order valence-corrected chi connectivity index (χ1v) is 9.74. The van der Waals surface area contributed by atoms with Crippen LogP contribution in [0.15, 0.2) is 93.8 Å². The zero-order valence-corrected chi connectivity index (χ0v) is 17.5. The molecule has 0 amide bonds. The summed E-state index contributed by atoms with van der Waals surface area (Å²) in [6, 6.07) is 18.7. The molecule has 0 spiro atoms. The van der Waals surface area contributed by atoms with E-state index in [1.54, 1.807) is 30.3 Å². The highest BCUT2D eigenvalue weighted by Gasteiger charge is 2.14. The van der Waals surface area contributed by atoms with Crippen LogP contribution in [0.1, 0.15) is 10.4 Å². The van der Waals surface area contributed by atoms with Crippen LogP contribution in [-0.2, 0) is 0 Å². The van der Waals surface area contributed by atoms with Gasteiger partial charge in [-0.25, -0.2) is 9.78 Å². The monoisotopic (exact) mass is 428 g/mol. The van der Waals surface area contributed by atoms with Gasteiger partial charge in [-0.05, 0) is 66.7 Å². The van der Waals surface area contributed by atoms with E-state index < -0.39 is 5.97 Å². The fourth-order valence-corrected chi connectivity index (χ4v) is 2.88. The molecule has 0 saturated carbocycles. The first kappa shape index (κ1) is 20.8. The number of azo groups is 1. The van der Waals surface area contributed by atoms with Crippen LogP contribution in [-0.4, -0.2) is 30.2 Å². The Morgan fingerprint density at radius 1 is 0.969 bits per heavy atom. The molecule has 8 nitrogen and oxygen atoms in total. The Kier molecular flexibility index (Phi) is 5.94. The minimum atomic E-state index is -0.602. The lowest BCUT2D eigenvalue weighted by Gasteiger charge is -2.11. The largest absolute Gasteiger partial charge is 0.507 e. The summed E-state index contributed by atoms with van der Waals surface area (Å²) in [4.78, 5) is 18.4. The van der Waals surface area contributed by atoms with Crippen LogP contribution in [0.5, 0.6) is 11.5 Å². The third-order valence-corrected chi connectivity index (χ3v) is 4.59. The van der Waals surface area contributed by atoms with Gasteiger partial charge in [0, 0.05) is 19.8 Å². The molecule has 0 aliphatic carbocycles. The zero-order chi connectivity index (χ0) is 22.5. The van der Waals surface area contributed by atoms with Crippen molar-refractivity contribution in [1.82, 2.24) is 4.98 Å². The molecule has 0 bridgehead atoms. The van der Waals surface area contributed by atoms with E-state index in [-0.39, 0.29) is 17.2 Å². The number of carbonyl (C=O) groups excluding carboxylic acids is 1. The first-order valence-electron chi connectivity index (χ1n) is 9.74. The van der Waals surface area contributed by atoms with E-state index in [4.69, 9.17) is 9.15 Å².